The second-order valence-electron chi connectivity index (χ2n) is 7.01. The molecule has 0 bridgehead atoms. The molecule has 2 aromatic heterocycles. The highest BCUT2D eigenvalue weighted by atomic mass is 16.5. The van der Waals surface area contributed by atoms with Crippen LogP contribution in [0.2, 0.25) is 0 Å². The number of ether oxygens (including phenoxy) is 1. The Hall–Kier alpha value is -4.20. The van der Waals surface area contributed by atoms with Crippen LogP contribution in [-0.2, 0) is 6.42 Å². The minimum absolute atomic E-state index is 0.0283. The van der Waals surface area contributed by atoms with Crippen LogP contribution in [0.15, 0.2) is 60.9 Å². The first kappa shape index (κ1) is 20.1. The fourth-order valence-electron chi connectivity index (χ4n) is 3.36. The van der Waals surface area contributed by atoms with E-state index in [1.165, 1.54) is 7.11 Å². The number of hydrogen-bond acceptors (Lipinski definition) is 5. The van der Waals surface area contributed by atoms with Crippen LogP contribution in [0.1, 0.15) is 21.5 Å². The van der Waals surface area contributed by atoms with Crippen molar-refractivity contribution >= 4 is 22.6 Å². The number of amides is 1. The van der Waals surface area contributed by atoms with Crippen LogP contribution in [0.5, 0.6) is 6.01 Å². The van der Waals surface area contributed by atoms with Gasteiger partial charge in [-0.1, -0.05) is 18.2 Å². The number of carbonyl (C=O) groups is 1. The molecule has 2 aromatic carbocycles. The molecule has 0 aliphatic carbocycles. The van der Waals surface area contributed by atoms with E-state index < -0.39 is 0 Å². The summed E-state index contributed by atoms with van der Waals surface area (Å²) in [6.07, 6.45) is 4.04. The van der Waals surface area contributed by atoms with Gasteiger partial charge in [-0.25, -0.2) is 4.98 Å². The van der Waals surface area contributed by atoms with Crippen LogP contribution >= 0.6 is 0 Å². The van der Waals surface area contributed by atoms with Crippen molar-refractivity contribution in [2.24, 2.45) is 5.73 Å². The molecule has 0 saturated heterocycles. The highest BCUT2D eigenvalue weighted by molar-refractivity contribution is 6.07. The lowest BCUT2D eigenvalue weighted by Crippen LogP contribution is -2.25. The zero-order chi connectivity index (χ0) is 21.8. The second kappa shape index (κ2) is 8.66. The molecule has 0 saturated carbocycles. The van der Waals surface area contributed by atoms with Crippen LogP contribution in [0.4, 0.5) is 0 Å². The molecule has 0 atom stereocenters. The summed E-state index contributed by atoms with van der Waals surface area (Å²) in [7, 11) is 1.52. The lowest BCUT2D eigenvalue weighted by atomic mass is 10.1. The molecule has 0 radical (unpaired) electrons. The number of aromatic amines is 1. The Kier molecular flexibility index (Phi) is 5.61. The number of benzene rings is 2. The summed E-state index contributed by atoms with van der Waals surface area (Å²) >= 11 is 0. The molecule has 5 N–H and O–H groups in total. The number of rotatable bonds is 7. The molecular weight excluding hydrogens is 392 g/mol. The van der Waals surface area contributed by atoms with Gasteiger partial charge >= 0.3 is 6.01 Å². The Labute approximate surface area is 179 Å². The van der Waals surface area contributed by atoms with Crippen LogP contribution < -0.4 is 15.8 Å². The van der Waals surface area contributed by atoms with Crippen molar-refractivity contribution in [2.75, 3.05) is 13.7 Å². The van der Waals surface area contributed by atoms with Gasteiger partial charge in [0.15, 0.2) is 0 Å². The Morgan fingerprint density at radius 3 is 2.74 bits per heavy atom. The molecule has 8 nitrogen and oxygen atoms in total. The molecule has 31 heavy (non-hydrogen) atoms. The lowest BCUT2D eigenvalue weighted by molar-refractivity contribution is 0.0954. The zero-order valence-electron chi connectivity index (χ0n) is 17.0. The third-order valence-corrected chi connectivity index (χ3v) is 4.99. The van der Waals surface area contributed by atoms with Gasteiger partial charge in [0.25, 0.3) is 5.91 Å². The molecule has 2 heterocycles. The second-order valence-corrected chi connectivity index (χ2v) is 7.01. The number of H-pyrrole nitrogens is 1. The molecule has 4 aromatic rings. The van der Waals surface area contributed by atoms with Gasteiger partial charge < -0.3 is 20.8 Å². The molecule has 0 fully saturated rings. The number of fused-ring (bicyclic) bond motifs is 1. The quantitative estimate of drug-likeness (QED) is 0.273. The van der Waals surface area contributed by atoms with Crippen molar-refractivity contribution in [1.82, 2.24) is 20.3 Å². The van der Waals surface area contributed by atoms with Gasteiger partial charge in [0.2, 0.25) is 0 Å². The van der Waals surface area contributed by atoms with Gasteiger partial charge in [0.05, 0.1) is 12.8 Å². The molecule has 8 heteroatoms. The van der Waals surface area contributed by atoms with E-state index in [9.17, 15) is 4.79 Å². The van der Waals surface area contributed by atoms with Gasteiger partial charge in [-0.05, 0) is 42.3 Å². The standard InChI is InChI=1S/C23H22N6O2/c1-31-23-27-11-9-19(29-23)15-3-5-16(6-4-15)22(30)26-10-8-14-2-7-20-17(12-14)18(13-28-20)21(24)25/h2-7,9,11-13,28H,8,10H2,1H3,(H3,24,25)(H,26,30). The molecule has 0 spiro atoms. The number of nitrogen functional groups attached to an aromatic ring is 1. The third kappa shape index (κ3) is 4.37. The van der Waals surface area contributed by atoms with E-state index in [1.807, 2.05) is 30.3 Å². The van der Waals surface area contributed by atoms with Crippen LogP contribution in [0, 0.1) is 5.41 Å². The first-order valence-electron chi connectivity index (χ1n) is 9.75. The number of nitrogens with two attached hydrogens (primary N) is 1. The molecule has 0 unspecified atom stereocenters. The fraction of sp³-hybridized carbons (Fsp3) is 0.130. The molecule has 4 rings (SSSR count). The molecule has 0 aliphatic heterocycles. The predicted octanol–water partition coefficient (Wildman–Crippen LogP) is 2.89. The summed E-state index contributed by atoms with van der Waals surface area (Å²) < 4.78 is 5.05. The van der Waals surface area contributed by atoms with Crippen LogP contribution in [0.3, 0.4) is 0 Å². The minimum Gasteiger partial charge on any atom is -0.467 e. The maximum atomic E-state index is 12.5. The average Bonchev–Trinajstić information content (AvgIpc) is 3.23. The summed E-state index contributed by atoms with van der Waals surface area (Å²) in [5.41, 5.74) is 10.5. The minimum atomic E-state index is -0.140. The Balaban J connectivity index is 1.38. The van der Waals surface area contributed by atoms with Crippen molar-refractivity contribution in [3.63, 3.8) is 0 Å². The Bertz CT molecular complexity index is 1250. The summed E-state index contributed by atoms with van der Waals surface area (Å²) in [6, 6.07) is 15.3. The monoisotopic (exact) mass is 414 g/mol. The largest absolute Gasteiger partial charge is 0.467 e. The van der Waals surface area contributed by atoms with Gasteiger partial charge in [0, 0.05) is 46.5 Å². The molecular formula is C23H22N6O2. The third-order valence-electron chi connectivity index (χ3n) is 4.99. The van der Waals surface area contributed by atoms with Gasteiger partial charge in [-0.2, -0.15) is 4.98 Å². The molecule has 156 valence electrons. The number of carbonyl (C=O) groups excluding carboxylic acids is 1. The molecule has 1 amide bonds. The van der Waals surface area contributed by atoms with Crippen LogP contribution in [-0.4, -0.2) is 40.3 Å². The summed E-state index contributed by atoms with van der Waals surface area (Å²) in [6.45, 7) is 0.495. The maximum Gasteiger partial charge on any atom is 0.316 e. The van der Waals surface area contributed by atoms with Crippen molar-refractivity contribution in [1.29, 1.82) is 5.41 Å². The summed E-state index contributed by atoms with van der Waals surface area (Å²) in [4.78, 5) is 23.9. The number of nitrogens with one attached hydrogen (secondary N) is 3. The van der Waals surface area contributed by atoms with Gasteiger partial charge in [0.1, 0.15) is 5.84 Å². The fourth-order valence-corrected chi connectivity index (χ4v) is 3.36. The molecule has 0 aliphatic rings. The number of nitrogens with zero attached hydrogens (tertiary/aromatic N) is 2. The predicted molar refractivity (Wildman–Crippen MR) is 119 cm³/mol. The van der Waals surface area contributed by atoms with E-state index in [0.29, 0.717) is 30.1 Å². The normalized spacial score (nSPS) is 10.7. The van der Waals surface area contributed by atoms with E-state index in [-0.39, 0.29) is 11.7 Å². The smallest absolute Gasteiger partial charge is 0.316 e. The first-order chi connectivity index (χ1) is 15.0. The lowest BCUT2D eigenvalue weighted by Gasteiger charge is -2.07. The average molecular weight is 414 g/mol. The van der Waals surface area contributed by atoms with Gasteiger partial charge in [-0.15, -0.1) is 0 Å². The topological polar surface area (TPSA) is 130 Å². The van der Waals surface area contributed by atoms with Crippen LogP contribution in [0.25, 0.3) is 22.2 Å². The van der Waals surface area contributed by atoms with Crippen molar-refractivity contribution in [3.05, 3.63) is 77.6 Å². The number of aromatic nitrogens is 3. The summed E-state index contributed by atoms with van der Waals surface area (Å²) in [5.74, 6) is -0.112. The van der Waals surface area contributed by atoms with E-state index in [2.05, 4.69) is 20.3 Å². The SMILES string of the molecule is COc1nccc(-c2ccc(C(=O)NCCc3ccc4[nH]cc(C(=N)N)c4c3)cc2)n1. The summed E-state index contributed by atoms with van der Waals surface area (Å²) in [5, 5.41) is 11.5. The number of amidine groups is 1. The highest BCUT2D eigenvalue weighted by Gasteiger charge is 2.09. The van der Waals surface area contributed by atoms with Crippen molar-refractivity contribution in [3.8, 4) is 17.3 Å². The van der Waals surface area contributed by atoms with E-state index >= 15 is 0 Å². The zero-order valence-corrected chi connectivity index (χ0v) is 17.0. The number of methoxy groups -OCH3 is 1. The van der Waals surface area contributed by atoms with Crippen molar-refractivity contribution in [2.45, 2.75) is 6.42 Å². The van der Waals surface area contributed by atoms with Crippen molar-refractivity contribution < 1.29 is 9.53 Å². The van der Waals surface area contributed by atoms with E-state index in [0.717, 1.165) is 27.7 Å². The number of hydrogen-bond donors (Lipinski definition) is 4. The Morgan fingerprint density at radius 1 is 1.19 bits per heavy atom. The Morgan fingerprint density at radius 2 is 2.00 bits per heavy atom. The van der Waals surface area contributed by atoms with Gasteiger partial charge in [-0.3, -0.25) is 10.2 Å². The maximum absolute atomic E-state index is 12.5. The van der Waals surface area contributed by atoms with E-state index in [4.69, 9.17) is 15.9 Å². The highest BCUT2D eigenvalue weighted by Crippen LogP contribution is 2.20. The van der Waals surface area contributed by atoms with E-state index in [1.54, 1.807) is 30.6 Å². The first-order valence-corrected chi connectivity index (χ1v) is 9.75.